The Morgan fingerprint density at radius 2 is 2.09 bits per heavy atom. The average molecular weight is 167 g/mol. The van der Waals surface area contributed by atoms with Crippen LogP contribution in [0.4, 0.5) is 13.2 Å². The molecule has 2 atom stereocenters. The van der Waals surface area contributed by atoms with Crippen molar-refractivity contribution < 1.29 is 13.2 Å². The molecular formula is C7H12F3N. The number of halogens is 3. The lowest BCUT2D eigenvalue weighted by molar-refractivity contribution is 0.0962. The second-order valence-electron chi connectivity index (χ2n) is 3.10. The third-order valence-electron chi connectivity index (χ3n) is 1.99. The highest BCUT2D eigenvalue weighted by Gasteiger charge is 2.30. The zero-order valence-corrected chi connectivity index (χ0v) is 6.43. The van der Waals surface area contributed by atoms with Crippen molar-refractivity contribution in [3.63, 3.8) is 0 Å². The van der Waals surface area contributed by atoms with Gasteiger partial charge in [0.1, 0.15) is 6.17 Å². The number of nitrogens with zero attached hydrogens (tertiary/aromatic N) is 1. The molecule has 11 heavy (non-hydrogen) atoms. The van der Waals surface area contributed by atoms with Crippen LogP contribution in [-0.2, 0) is 0 Å². The van der Waals surface area contributed by atoms with E-state index in [1.165, 1.54) is 4.90 Å². The maximum atomic E-state index is 12.7. The lowest BCUT2D eigenvalue weighted by Crippen LogP contribution is -2.26. The SMILES string of the molecule is C[C@@H]1CN(CC(F)F)C[C@H]1F. The van der Waals surface area contributed by atoms with Crippen LogP contribution in [0.3, 0.4) is 0 Å². The molecule has 1 saturated heterocycles. The van der Waals surface area contributed by atoms with E-state index in [-0.39, 0.29) is 19.0 Å². The van der Waals surface area contributed by atoms with Crippen LogP contribution >= 0.6 is 0 Å². The third-order valence-corrected chi connectivity index (χ3v) is 1.99. The van der Waals surface area contributed by atoms with Crippen LogP contribution in [0.25, 0.3) is 0 Å². The maximum absolute atomic E-state index is 12.7. The Kier molecular flexibility index (Phi) is 2.76. The number of hydrogen-bond acceptors (Lipinski definition) is 1. The first kappa shape index (κ1) is 8.84. The van der Waals surface area contributed by atoms with Crippen LogP contribution in [0, 0.1) is 5.92 Å². The van der Waals surface area contributed by atoms with Crippen LogP contribution in [0.15, 0.2) is 0 Å². The van der Waals surface area contributed by atoms with Gasteiger partial charge in [-0.2, -0.15) is 0 Å². The molecule has 0 aliphatic carbocycles. The van der Waals surface area contributed by atoms with Gasteiger partial charge in [0, 0.05) is 19.0 Å². The molecule has 66 valence electrons. The maximum Gasteiger partial charge on any atom is 0.251 e. The van der Waals surface area contributed by atoms with Gasteiger partial charge in [0.05, 0.1) is 6.54 Å². The second kappa shape index (κ2) is 3.43. The fourth-order valence-electron chi connectivity index (χ4n) is 1.37. The van der Waals surface area contributed by atoms with Crippen molar-refractivity contribution in [2.75, 3.05) is 19.6 Å². The molecule has 0 spiro atoms. The van der Waals surface area contributed by atoms with E-state index in [1.54, 1.807) is 6.92 Å². The van der Waals surface area contributed by atoms with Crippen molar-refractivity contribution in [2.24, 2.45) is 5.92 Å². The van der Waals surface area contributed by atoms with Gasteiger partial charge in [-0.05, 0) is 0 Å². The Morgan fingerprint density at radius 1 is 1.45 bits per heavy atom. The summed E-state index contributed by atoms with van der Waals surface area (Å²) in [5.41, 5.74) is 0. The first-order chi connectivity index (χ1) is 5.09. The molecule has 1 rings (SSSR count). The van der Waals surface area contributed by atoms with Crippen LogP contribution in [0.1, 0.15) is 6.92 Å². The van der Waals surface area contributed by atoms with Gasteiger partial charge < -0.3 is 0 Å². The summed E-state index contributed by atoms with van der Waals surface area (Å²) in [6, 6.07) is 0. The van der Waals surface area contributed by atoms with Crippen molar-refractivity contribution in [3.8, 4) is 0 Å². The largest absolute Gasteiger partial charge is 0.294 e. The fraction of sp³-hybridized carbons (Fsp3) is 1.00. The molecule has 1 heterocycles. The van der Waals surface area contributed by atoms with Crippen molar-refractivity contribution >= 4 is 0 Å². The number of rotatable bonds is 2. The van der Waals surface area contributed by atoms with Gasteiger partial charge in [-0.3, -0.25) is 4.90 Å². The minimum Gasteiger partial charge on any atom is -0.294 e. The molecule has 0 radical (unpaired) electrons. The molecule has 0 amide bonds. The zero-order chi connectivity index (χ0) is 8.43. The molecule has 0 aromatic carbocycles. The van der Waals surface area contributed by atoms with E-state index in [4.69, 9.17) is 0 Å². The number of alkyl halides is 3. The Hall–Kier alpha value is -0.250. The smallest absolute Gasteiger partial charge is 0.251 e. The topological polar surface area (TPSA) is 3.24 Å². The van der Waals surface area contributed by atoms with Crippen LogP contribution in [0.5, 0.6) is 0 Å². The van der Waals surface area contributed by atoms with E-state index < -0.39 is 12.6 Å². The first-order valence-electron chi connectivity index (χ1n) is 3.74. The van der Waals surface area contributed by atoms with Gasteiger partial charge in [-0.1, -0.05) is 6.92 Å². The minimum absolute atomic E-state index is 0.0891. The molecule has 4 heteroatoms. The second-order valence-corrected chi connectivity index (χ2v) is 3.10. The first-order valence-corrected chi connectivity index (χ1v) is 3.74. The Bertz CT molecular complexity index is 116. The highest BCUT2D eigenvalue weighted by molar-refractivity contribution is 4.81. The molecule has 0 aromatic heterocycles. The Labute approximate surface area is 64.2 Å². The monoisotopic (exact) mass is 167 g/mol. The van der Waals surface area contributed by atoms with Crippen molar-refractivity contribution in [1.82, 2.24) is 4.90 Å². The highest BCUT2D eigenvalue weighted by atomic mass is 19.3. The summed E-state index contributed by atoms with van der Waals surface area (Å²) in [5, 5.41) is 0. The summed E-state index contributed by atoms with van der Waals surface area (Å²) in [6.07, 6.45) is -3.26. The molecular weight excluding hydrogens is 155 g/mol. The lowest BCUT2D eigenvalue weighted by atomic mass is 10.1. The summed E-state index contributed by atoms with van der Waals surface area (Å²) in [7, 11) is 0. The fourth-order valence-corrected chi connectivity index (χ4v) is 1.37. The third kappa shape index (κ3) is 2.36. The highest BCUT2D eigenvalue weighted by Crippen LogP contribution is 2.19. The van der Waals surface area contributed by atoms with Gasteiger partial charge in [-0.25, -0.2) is 13.2 Å². The summed E-state index contributed by atoms with van der Waals surface area (Å²) >= 11 is 0. The molecule has 1 aliphatic rings. The molecule has 0 N–H and O–H groups in total. The molecule has 0 saturated carbocycles. The summed E-state index contributed by atoms with van der Waals surface area (Å²) in [6.45, 7) is 2.10. The van der Waals surface area contributed by atoms with Gasteiger partial charge in [-0.15, -0.1) is 0 Å². The normalized spacial score (nSPS) is 33.5. The van der Waals surface area contributed by atoms with Crippen molar-refractivity contribution in [3.05, 3.63) is 0 Å². The van der Waals surface area contributed by atoms with E-state index in [0.717, 1.165) is 0 Å². The van der Waals surface area contributed by atoms with Crippen molar-refractivity contribution in [2.45, 2.75) is 19.5 Å². The standard InChI is InChI=1S/C7H12F3N/c1-5-2-11(3-6(5)8)4-7(9)10/h5-7H,2-4H2,1H3/t5-,6-/m1/s1. The average Bonchev–Trinajstić information content (AvgIpc) is 2.10. The number of likely N-dealkylation sites (tertiary alicyclic amines) is 1. The van der Waals surface area contributed by atoms with Crippen LogP contribution in [0.2, 0.25) is 0 Å². The summed E-state index contributed by atoms with van der Waals surface area (Å²) in [4.78, 5) is 1.47. The summed E-state index contributed by atoms with van der Waals surface area (Å²) in [5.74, 6) is -0.0891. The van der Waals surface area contributed by atoms with Gasteiger partial charge in [0.25, 0.3) is 6.43 Å². The Morgan fingerprint density at radius 3 is 2.45 bits per heavy atom. The number of hydrogen-bond donors (Lipinski definition) is 0. The van der Waals surface area contributed by atoms with E-state index in [1.807, 2.05) is 0 Å². The van der Waals surface area contributed by atoms with Gasteiger partial charge in [0.15, 0.2) is 0 Å². The van der Waals surface area contributed by atoms with E-state index in [0.29, 0.717) is 6.54 Å². The molecule has 1 nitrogen and oxygen atoms in total. The van der Waals surface area contributed by atoms with Crippen LogP contribution < -0.4 is 0 Å². The molecule has 0 unspecified atom stereocenters. The lowest BCUT2D eigenvalue weighted by Gasteiger charge is -2.12. The molecule has 0 bridgehead atoms. The Balaban J connectivity index is 2.29. The van der Waals surface area contributed by atoms with Gasteiger partial charge in [0.2, 0.25) is 0 Å². The molecule has 1 fully saturated rings. The zero-order valence-electron chi connectivity index (χ0n) is 6.43. The van der Waals surface area contributed by atoms with E-state index in [2.05, 4.69) is 0 Å². The van der Waals surface area contributed by atoms with E-state index >= 15 is 0 Å². The molecule has 0 aromatic rings. The van der Waals surface area contributed by atoms with Gasteiger partial charge >= 0.3 is 0 Å². The minimum atomic E-state index is -2.34. The predicted octanol–water partition coefficient (Wildman–Crippen LogP) is 1.54. The molecule has 1 aliphatic heterocycles. The van der Waals surface area contributed by atoms with Crippen LogP contribution in [-0.4, -0.2) is 37.1 Å². The predicted molar refractivity (Wildman–Crippen MR) is 36.5 cm³/mol. The quantitative estimate of drug-likeness (QED) is 0.603. The van der Waals surface area contributed by atoms with E-state index in [9.17, 15) is 13.2 Å². The van der Waals surface area contributed by atoms with Crippen molar-refractivity contribution in [1.29, 1.82) is 0 Å². The summed E-state index contributed by atoms with van der Waals surface area (Å²) < 4.78 is 36.3.